The third kappa shape index (κ3) is 5.56. The van der Waals surface area contributed by atoms with Crippen LogP contribution in [0, 0.1) is 0 Å². The van der Waals surface area contributed by atoms with Crippen molar-refractivity contribution in [3.05, 3.63) is 53.1 Å². The quantitative estimate of drug-likeness (QED) is 0.415. The van der Waals surface area contributed by atoms with Crippen molar-refractivity contribution < 1.29 is 23.8 Å². The summed E-state index contributed by atoms with van der Waals surface area (Å²) in [7, 11) is 1.55. The molecule has 0 saturated carbocycles. The van der Waals surface area contributed by atoms with Gasteiger partial charge in [0.1, 0.15) is 6.61 Å². The van der Waals surface area contributed by atoms with Crippen molar-refractivity contribution in [2.75, 3.05) is 32.6 Å². The molecule has 0 heterocycles. The first-order valence-corrected chi connectivity index (χ1v) is 8.13. The third-order valence-electron chi connectivity index (χ3n) is 3.32. The van der Waals surface area contributed by atoms with Crippen molar-refractivity contribution in [1.82, 2.24) is 5.32 Å². The minimum Gasteiger partial charge on any atom is -0.493 e. The number of carbonyl (C=O) groups excluding carboxylic acids is 2. The summed E-state index contributed by atoms with van der Waals surface area (Å²) in [5.41, 5.74) is 6.03. The smallest absolute Gasteiger partial charge is 0.340 e. The molecule has 1 amide bonds. The van der Waals surface area contributed by atoms with Crippen LogP contribution in [0.4, 0.5) is 5.69 Å². The number of carbonyl (C=O) groups is 2. The van der Waals surface area contributed by atoms with Gasteiger partial charge in [0.15, 0.2) is 18.1 Å². The predicted molar refractivity (Wildman–Crippen MR) is 97.6 cm³/mol. The average molecular weight is 379 g/mol. The highest BCUT2D eigenvalue weighted by atomic mass is 35.5. The molecule has 2 rings (SSSR count). The van der Waals surface area contributed by atoms with Crippen molar-refractivity contribution in [2.45, 2.75) is 0 Å². The van der Waals surface area contributed by atoms with E-state index >= 15 is 0 Å². The number of nitrogen functional groups attached to an aromatic ring is 1. The molecule has 0 aliphatic carbocycles. The van der Waals surface area contributed by atoms with E-state index in [1.807, 2.05) is 12.1 Å². The van der Waals surface area contributed by atoms with Gasteiger partial charge in [0.2, 0.25) is 0 Å². The molecule has 0 spiro atoms. The fraction of sp³-hybridized carbons (Fsp3) is 0.222. The number of hydrogen-bond donors (Lipinski definition) is 2. The number of methoxy groups -OCH3 is 1. The summed E-state index contributed by atoms with van der Waals surface area (Å²) >= 11 is 5.81. The minimum atomic E-state index is -0.717. The summed E-state index contributed by atoms with van der Waals surface area (Å²) in [5.74, 6) is 0.00646. The van der Waals surface area contributed by atoms with E-state index in [4.69, 9.17) is 31.5 Å². The van der Waals surface area contributed by atoms with E-state index in [9.17, 15) is 9.59 Å². The lowest BCUT2D eigenvalue weighted by Gasteiger charge is -2.11. The normalized spacial score (nSPS) is 10.1. The highest BCUT2D eigenvalue weighted by Crippen LogP contribution is 2.25. The number of amides is 1. The van der Waals surface area contributed by atoms with E-state index in [1.54, 1.807) is 25.3 Å². The highest BCUT2D eigenvalue weighted by Gasteiger charge is 2.13. The number of anilines is 1. The fourth-order valence-corrected chi connectivity index (χ4v) is 2.23. The summed E-state index contributed by atoms with van der Waals surface area (Å²) < 4.78 is 15.6. The largest absolute Gasteiger partial charge is 0.493 e. The van der Waals surface area contributed by atoms with Crippen LogP contribution in [0.25, 0.3) is 0 Å². The molecule has 0 aromatic heterocycles. The number of nitrogens with one attached hydrogen (secondary N) is 1. The van der Waals surface area contributed by atoms with Crippen LogP contribution in [0.5, 0.6) is 11.5 Å². The first kappa shape index (κ1) is 19.4. The first-order chi connectivity index (χ1) is 12.5. The molecule has 3 N–H and O–H groups in total. The molecule has 2 aromatic carbocycles. The summed E-state index contributed by atoms with van der Waals surface area (Å²) in [6.07, 6.45) is 0. The van der Waals surface area contributed by atoms with Crippen molar-refractivity contribution in [2.24, 2.45) is 0 Å². The summed E-state index contributed by atoms with van der Waals surface area (Å²) in [5, 5.41) is 2.93. The fourth-order valence-electron chi connectivity index (χ4n) is 2.05. The Morgan fingerprint density at radius 1 is 1.15 bits per heavy atom. The Kier molecular flexibility index (Phi) is 7.11. The monoisotopic (exact) mass is 378 g/mol. The number of rotatable bonds is 8. The van der Waals surface area contributed by atoms with E-state index in [-0.39, 0.29) is 24.4 Å². The maximum Gasteiger partial charge on any atom is 0.340 e. The molecule has 138 valence electrons. The van der Waals surface area contributed by atoms with Gasteiger partial charge in [-0.25, -0.2) is 4.79 Å². The van der Waals surface area contributed by atoms with Gasteiger partial charge in [0, 0.05) is 10.7 Å². The molecular weight excluding hydrogens is 360 g/mol. The molecule has 0 fully saturated rings. The van der Waals surface area contributed by atoms with Gasteiger partial charge >= 0.3 is 5.97 Å². The van der Waals surface area contributed by atoms with Gasteiger partial charge in [-0.3, -0.25) is 4.79 Å². The van der Waals surface area contributed by atoms with Crippen LogP contribution in [0.1, 0.15) is 10.4 Å². The Hall–Kier alpha value is -2.93. The van der Waals surface area contributed by atoms with Gasteiger partial charge in [-0.05, 0) is 30.3 Å². The lowest BCUT2D eigenvalue weighted by Crippen LogP contribution is -2.32. The molecule has 0 atom stereocenters. The standard InChI is InChI=1S/C18H19ClN2O5/c1-24-15-4-2-3-5-16(15)25-9-8-21-17(22)11-26-18(23)13-10-12(19)6-7-14(13)20/h2-7,10H,8-9,11,20H2,1H3,(H,21,22). The topological polar surface area (TPSA) is 99.9 Å². The molecule has 26 heavy (non-hydrogen) atoms. The van der Waals surface area contributed by atoms with Crippen molar-refractivity contribution in [3.63, 3.8) is 0 Å². The SMILES string of the molecule is COc1ccccc1OCCNC(=O)COC(=O)c1cc(Cl)ccc1N. The number of halogens is 1. The number of hydrogen-bond acceptors (Lipinski definition) is 6. The second-order valence-corrected chi connectivity index (χ2v) is 5.59. The maximum atomic E-state index is 11.9. The Morgan fingerprint density at radius 3 is 2.62 bits per heavy atom. The van der Waals surface area contributed by atoms with Crippen LogP contribution in [0.2, 0.25) is 5.02 Å². The third-order valence-corrected chi connectivity index (χ3v) is 3.56. The zero-order valence-electron chi connectivity index (χ0n) is 14.2. The Balaban J connectivity index is 1.72. The Labute approximate surface area is 156 Å². The number of nitrogens with two attached hydrogens (primary N) is 1. The van der Waals surface area contributed by atoms with Crippen molar-refractivity contribution >= 4 is 29.2 Å². The van der Waals surface area contributed by atoms with Crippen LogP contribution < -0.4 is 20.5 Å². The van der Waals surface area contributed by atoms with E-state index in [0.29, 0.717) is 16.5 Å². The average Bonchev–Trinajstić information content (AvgIpc) is 2.65. The number of esters is 1. The molecule has 0 saturated heterocycles. The molecular formula is C18H19ClN2O5. The van der Waals surface area contributed by atoms with Crippen LogP contribution in [-0.2, 0) is 9.53 Å². The summed E-state index contributed by atoms with van der Waals surface area (Å²) in [6.45, 7) is 0.0501. The lowest BCUT2D eigenvalue weighted by atomic mass is 10.2. The Morgan fingerprint density at radius 2 is 1.88 bits per heavy atom. The maximum absolute atomic E-state index is 11.9. The zero-order valence-corrected chi connectivity index (χ0v) is 14.9. The van der Waals surface area contributed by atoms with E-state index < -0.39 is 18.5 Å². The van der Waals surface area contributed by atoms with Gasteiger partial charge < -0.3 is 25.3 Å². The molecule has 7 nitrogen and oxygen atoms in total. The van der Waals surface area contributed by atoms with Crippen molar-refractivity contribution in [3.8, 4) is 11.5 Å². The molecule has 2 aromatic rings. The molecule has 0 aliphatic heterocycles. The molecule has 0 unspecified atom stereocenters. The second kappa shape index (κ2) is 9.53. The van der Waals surface area contributed by atoms with Gasteiger partial charge in [0.25, 0.3) is 5.91 Å². The molecule has 0 bridgehead atoms. The van der Waals surface area contributed by atoms with E-state index in [2.05, 4.69) is 5.32 Å². The minimum absolute atomic E-state index is 0.116. The molecule has 8 heteroatoms. The van der Waals surface area contributed by atoms with Crippen LogP contribution in [0.15, 0.2) is 42.5 Å². The van der Waals surface area contributed by atoms with E-state index in [0.717, 1.165) is 0 Å². The molecule has 0 aliphatic rings. The first-order valence-electron chi connectivity index (χ1n) is 7.76. The summed E-state index contributed by atoms with van der Waals surface area (Å²) in [6, 6.07) is 11.6. The summed E-state index contributed by atoms with van der Waals surface area (Å²) in [4.78, 5) is 23.7. The number of para-hydroxylation sites is 2. The van der Waals surface area contributed by atoms with E-state index in [1.165, 1.54) is 12.1 Å². The predicted octanol–water partition coefficient (Wildman–Crippen LogP) is 2.28. The van der Waals surface area contributed by atoms with Gasteiger partial charge in [-0.15, -0.1) is 0 Å². The van der Waals surface area contributed by atoms with Crippen molar-refractivity contribution in [1.29, 1.82) is 0 Å². The van der Waals surface area contributed by atoms with Crippen LogP contribution in [0.3, 0.4) is 0 Å². The Bertz CT molecular complexity index is 782. The number of benzene rings is 2. The molecule has 0 radical (unpaired) electrons. The van der Waals surface area contributed by atoms with Crippen LogP contribution >= 0.6 is 11.6 Å². The zero-order chi connectivity index (χ0) is 18.9. The second-order valence-electron chi connectivity index (χ2n) is 5.16. The van der Waals surface area contributed by atoms with Crippen LogP contribution in [-0.4, -0.2) is 38.7 Å². The van der Waals surface area contributed by atoms with Gasteiger partial charge in [0.05, 0.1) is 19.2 Å². The number of ether oxygens (including phenoxy) is 3. The highest BCUT2D eigenvalue weighted by molar-refractivity contribution is 6.31. The van der Waals surface area contributed by atoms with Gasteiger partial charge in [-0.2, -0.15) is 0 Å². The van der Waals surface area contributed by atoms with Gasteiger partial charge in [-0.1, -0.05) is 23.7 Å². The lowest BCUT2D eigenvalue weighted by molar-refractivity contribution is -0.124.